The molecular weight excluding hydrogens is 398 g/mol. The largest absolute Gasteiger partial charge is 0.497 e. The molecule has 0 spiro atoms. The molecule has 0 aliphatic rings. The first-order valence-corrected chi connectivity index (χ1v) is 8.02. The number of halogens is 2. The Balaban J connectivity index is 2.20. The summed E-state index contributed by atoms with van der Waals surface area (Å²) < 4.78 is 12.5. The van der Waals surface area contributed by atoms with Crippen LogP contribution in [0.15, 0.2) is 50.3 Å². The van der Waals surface area contributed by atoms with Gasteiger partial charge in [-0.25, -0.2) is 0 Å². The molecule has 0 radical (unpaired) electrons. The highest BCUT2D eigenvalue weighted by Crippen LogP contribution is 2.34. The Kier molecular flexibility index (Phi) is 5.82. The van der Waals surface area contributed by atoms with Gasteiger partial charge in [-0.15, -0.1) is 0 Å². The van der Waals surface area contributed by atoms with Crippen molar-refractivity contribution in [3.63, 3.8) is 0 Å². The van der Waals surface area contributed by atoms with Crippen LogP contribution in [0.3, 0.4) is 0 Å². The summed E-state index contributed by atoms with van der Waals surface area (Å²) in [7, 11) is 1.65. The van der Waals surface area contributed by atoms with Gasteiger partial charge in [-0.2, -0.15) is 0 Å². The summed E-state index contributed by atoms with van der Waals surface area (Å²) in [5.74, 6) is 1.62. The Morgan fingerprint density at radius 1 is 1.10 bits per heavy atom. The number of aliphatic imine (C=N–C) groups is 1. The summed E-state index contributed by atoms with van der Waals surface area (Å²) in [6.45, 7) is 2.58. The Hall–Kier alpha value is -1.33. The third-order valence-corrected chi connectivity index (χ3v) is 3.92. The predicted molar refractivity (Wildman–Crippen MR) is 93.3 cm³/mol. The second kappa shape index (κ2) is 7.61. The molecule has 0 bridgehead atoms. The van der Waals surface area contributed by atoms with Gasteiger partial charge in [-0.3, -0.25) is 4.99 Å². The molecule has 0 unspecified atom stereocenters. The molecule has 2 aromatic rings. The van der Waals surface area contributed by atoms with E-state index in [0.29, 0.717) is 6.61 Å². The average Bonchev–Trinajstić information content (AvgIpc) is 2.49. The van der Waals surface area contributed by atoms with Gasteiger partial charge in [0.2, 0.25) is 0 Å². The predicted octanol–water partition coefficient (Wildman–Crippen LogP) is 5.37. The van der Waals surface area contributed by atoms with Gasteiger partial charge in [0.1, 0.15) is 11.5 Å². The van der Waals surface area contributed by atoms with Gasteiger partial charge in [0.05, 0.1) is 28.3 Å². The number of benzene rings is 2. The molecule has 3 nitrogen and oxygen atoms in total. The Morgan fingerprint density at radius 2 is 1.71 bits per heavy atom. The zero-order chi connectivity index (χ0) is 15.2. The molecule has 0 atom stereocenters. The number of ether oxygens (including phenoxy) is 2. The zero-order valence-electron chi connectivity index (χ0n) is 11.8. The van der Waals surface area contributed by atoms with Crippen molar-refractivity contribution in [1.29, 1.82) is 0 Å². The summed E-state index contributed by atoms with van der Waals surface area (Å²) in [6.07, 6.45) is 1.81. The number of methoxy groups -OCH3 is 1. The van der Waals surface area contributed by atoms with Crippen LogP contribution >= 0.6 is 31.9 Å². The van der Waals surface area contributed by atoms with E-state index in [-0.39, 0.29) is 0 Å². The lowest BCUT2D eigenvalue weighted by Gasteiger charge is -2.09. The van der Waals surface area contributed by atoms with E-state index in [0.717, 1.165) is 31.7 Å². The minimum Gasteiger partial charge on any atom is -0.497 e. The molecule has 21 heavy (non-hydrogen) atoms. The maximum Gasteiger partial charge on any atom is 0.147 e. The second-order valence-electron chi connectivity index (χ2n) is 4.20. The van der Waals surface area contributed by atoms with E-state index in [1.54, 1.807) is 7.11 Å². The van der Waals surface area contributed by atoms with Crippen LogP contribution in [0.25, 0.3) is 0 Å². The molecule has 0 heterocycles. The number of nitrogens with zero attached hydrogens (tertiary/aromatic N) is 1. The van der Waals surface area contributed by atoms with Crippen molar-refractivity contribution in [3.05, 3.63) is 50.9 Å². The maximum atomic E-state index is 5.56. The molecule has 0 saturated heterocycles. The molecule has 0 aliphatic carbocycles. The van der Waals surface area contributed by atoms with Crippen molar-refractivity contribution >= 4 is 43.8 Å². The van der Waals surface area contributed by atoms with Gasteiger partial charge in [0, 0.05) is 6.21 Å². The molecule has 0 fully saturated rings. The summed E-state index contributed by atoms with van der Waals surface area (Å²) in [4.78, 5) is 4.45. The minimum absolute atomic E-state index is 0.622. The van der Waals surface area contributed by atoms with Crippen molar-refractivity contribution in [2.75, 3.05) is 13.7 Å². The van der Waals surface area contributed by atoms with Crippen LogP contribution in [0, 0.1) is 0 Å². The average molecular weight is 413 g/mol. The van der Waals surface area contributed by atoms with Gasteiger partial charge in [-0.05, 0) is 80.7 Å². The van der Waals surface area contributed by atoms with Gasteiger partial charge in [0.25, 0.3) is 0 Å². The fourth-order valence-corrected chi connectivity index (χ4v) is 3.20. The van der Waals surface area contributed by atoms with E-state index in [1.165, 1.54) is 0 Å². The molecule has 110 valence electrons. The molecule has 2 rings (SSSR count). The van der Waals surface area contributed by atoms with Crippen LogP contribution in [0.2, 0.25) is 0 Å². The van der Waals surface area contributed by atoms with Crippen LogP contribution in [0.5, 0.6) is 11.5 Å². The molecule has 0 N–H and O–H groups in total. The van der Waals surface area contributed by atoms with E-state index in [2.05, 4.69) is 36.9 Å². The number of rotatable bonds is 5. The van der Waals surface area contributed by atoms with Crippen molar-refractivity contribution in [1.82, 2.24) is 0 Å². The van der Waals surface area contributed by atoms with Gasteiger partial charge < -0.3 is 9.47 Å². The highest BCUT2D eigenvalue weighted by molar-refractivity contribution is 9.11. The van der Waals surface area contributed by atoms with Crippen LogP contribution in [-0.2, 0) is 0 Å². The lowest BCUT2D eigenvalue weighted by atomic mass is 10.2. The first-order valence-electron chi connectivity index (χ1n) is 6.44. The van der Waals surface area contributed by atoms with Crippen LogP contribution in [-0.4, -0.2) is 19.9 Å². The van der Waals surface area contributed by atoms with Gasteiger partial charge in [-0.1, -0.05) is 0 Å². The summed E-state index contributed by atoms with van der Waals surface area (Å²) in [5, 5.41) is 0. The highest BCUT2D eigenvalue weighted by Gasteiger charge is 2.07. The first kappa shape index (κ1) is 16.0. The molecule has 2 aromatic carbocycles. The standard InChI is InChI=1S/C16H15Br2NO2/c1-3-21-16-14(17)8-11(9-15(16)18)10-19-12-4-6-13(20-2)7-5-12/h4-10H,3H2,1-2H3. The van der Waals surface area contributed by atoms with Crippen molar-refractivity contribution in [2.45, 2.75) is 6.92 Å². The fourth-order valence-electron chi connectivity index (χ4n) is 1.75. The van der Waals surface area contributed by atoms with Gasteiger partial charge in [0.15, 0.2) is 0 Å². The topological polar surface area (TPSA) is 30.8 Å². The molecule has 0 aliphatic heterocycles. The zero-order valence-corrected chi connectivity index (χ0v) is 14.9. The van der Waals surface area contributed by atoms with E-state index < -0.39 is 0 Å². The van der Waals surface area contributed by atoms with E-state index in [1.807, 2.05) is 49.5 Å². The monoisotopic (exact) mass is 411 g/mol. The minimum atomic E-state index is 0.622. The molecule has 0 amide bonds. The summed E-state index contributed by atoms with van der Waals surface area (Å²) in [5.41, 5.74) is 1.85. The Morgan fingerprint density at radius 3 is 2.24 bits per heavy atom. The molecular formula is C16H15Br2NO2. The summed E-state index contributed by atoms with van der Waals surface area (Å²) >= 11 is 7.02. The fraction of sp³-hybridized carbons (Fsp3) is 0.188. The number of hydrogen-bond donors (Lipinski definition) is 0. The number of hydrogen-bond acceptors (Lipinski definition) is 3. The highest BCUT2D eigenvalue weighted by atomic mass is 79.9. The lowest BCUT2D eigenvalue weighted by Crippen LogP contribution is -1.94. The van der Waals surface area contributed by atoms with Gasteiger partial charge >= 0.3 is 0 Å². The third-order valence-electron chi connectivity index (χ3n) is 2.74. The molecule has 0 saturated carbocycles. The van der Waals surface area contributed by atoms with Crippen molar-refractivity contribution in [2.24, 2.45) is 4.99 Å². The third kappa shape index (κ3) is 4.32. The maximum absolute atomic E-state index is 5.56. The van der Waals surface area contributed by atoms with E-state index in [9.17, 15) is 0 Å². The Bertz CT molecular complexity index is 616. The normalized spacial score (nSPS) is 10.9. The van der Waals surface area contributed by atoms with Crippen molar-refractivity contribution < 1.29 is 9.47 Å². The van der Waals surface area contributed by atoms with Crippen LogP contribution < -0.4 is 9.47 Å². The smallest absolute Gasteiger partial charge is 0.147 e. The summed E-state index contributed by atoms with van der Waals surface area (Å²) in [6, 6.07) is 11.5. The van der Waals surface area contributed by atoms with E-state index in [4.69, 9.17) is 9.47 Å². The first-order chi connectivity index (χ1) is 10.1. The Labute approximate surface area is 141 Å². The molecule has 0 aromatic heterocycles. The van der Waals surface area contributed by atoms with Crippen LogP contribution in [0.1, 0.15) is 12.5 Å². The van der Waals surface area contributed by atoms with Crippen LogP contribution in [0.4, 0.5) is 5.69 Å². The van der Waals surface area contributed by atoms with Crippen molar-refractivity contribution in [3.8, 4) is 11.5 Å². The van der Waals surface area contributed by atoms with E-state index >= 15 is 0 Å². The lowest BCUT2D eigenvalue weighted by molar-refractivity contribution is 0.336. The second-order valence-corrected chi connectivity index (χ2v) is 5.91. The SMILES string of the molecule is CCOc1c(Br)cc(C=Nc2ccc(OC)cc2)cc1Br. The quantitative estimate of drug-likeness (QED) is 0.618. The molecule has 5 heteroatoms.